The van der Waals surface area contributed by atoms with Crippen molar-refractivity contribution in [3.8, 4) is 0 Å². The molecule has 7 nitrogen and oxygen atoms in total. The predicted octanol–water partition coefficient (Wildman–Crippen LogP) is -1.30. The molecule has 106 valence electrons. The van der Waals surface area contributed by atoms with Gasteiger partial charge in [0.2, 0.25) is 0 Å². The largest absolute Gasteiger partial charge is 0.314 e. The molecule has 8 heteroatoms. The molecule has 0 spiro atoms. The third kappa shape index (κ3) is 2.29. The molecule has 2 aliphatic rings. The summed E-state index contributed by atoms with van der Waals surface area (Å²) in [6, 6.07) is 1.91. The summed E-state index contributed by atoms with van der Waals surface area (Å²) in [5.41, 5.74) is 0. The molecule has 0 atom stereocenters. The molecule has 2 saturated heterocycles. The van der Waals surface area contributed by atoms with Crippen molar-refractivity contribution in [3.63, 3.8) is 0 Å². The molecule has 19 heavy (non-hydrogen) atoms. The second-order valence-corrected chi connectivity index (χ2v) is 6.94. The lowest BCUT2D eigenvalue weighted by Gasteiger charge is -2.45. The summed E-state index contributed by atoms with van der Waals surface area (Å²) in [7, 11) is -1.72. The maximum absolute atomic E-state index is 12.4. The van der Waals surface area contributed by atoms with Crippen molar-refractivity contribution < 1.29 is 8.42 Å². The van der Waals surface area contributed by atoms with E-state index < -0.39 is 10.0 Å². The second-order valence-electron chi connectivity index (χ2n) is 5.05. The van der Waals surface area contributed by atoms with Crippen molar-refractivity contribution >= 4 is 10.0 Å². The zero-order chi connectivity index (χ0) is 13.5. The normalized spacial score (nSPS) is 23.4. The first kappa shape index (κ1) is 13.0. The summed E-state index contributed by atoms with van der Waals surface area (Å²) in [5.74, 6) is 0. The number of hydrogen-bond donors (Lipinski definition) is 1. The van der Waals surface area contributed by atoms with Gasteiger partial charge in [-0.3, -0.25) is 9.58 Å². The molecule has 0 unspecified atom stereocenters. The lowest BCUT2D eigenvalue weighted by atomic mass is 10.1. The number of sulfonamides is 1. The summed E-state index contributed by atoms with van der Waals surface area (Å²) in [4.78, 5) is 2.37. The Bertz CT molecular complexity index is 543. The first-order valence-corrected chi connectivity index (χ1v) is 7.96. The van der Waals surface area contributed by atoms with E-state index in [1.54, 1.807) is 13.1 Å². The smallest absolute Gasteiger partial charge is 0.260 e. The number of piperazine rings is 1. The topological polar surface area (TPSA) is 70.5 Å². The second kappa shape index (κ2) is 4.86. The van der Waals surface area contributed by atoms with Crippen LogP contribution < -0.4 is 5.32 Å². The first-order chi connectivity index (χ1) is 9.09. The van der Waals surface area contributed by atoms with E-state index in [4.69, 9.17) is 0 Å². The molecule has 0 amide bonds. The van der Waals surface area contributed by atoms with E-state index in [9.17, 15) is 8.42 Å². The van der Waals surface area contributed by atoms with Gasteiger partial charge in [0.25, 0.3) is 10.0 Å². The van der Waals surface area contributed by atoms with Gasteiger partial charge in [-0.2, -0.15) is 9.40 Å². The lowest BCUT2D eigenvalue weighted by molar-refractivity contribution is 0.0770. The van der Waals surface area contributed by atoms with Gasteiger partial charge in [0.15, 0.2) is 5.03 Å². The van der Waals surface area contributed by atoms with Crippen molar-refractivity contribution in [2.75, 3.05) is 39.3 Å². The van der Waals surface area contributed by atoms with Crippen molar-refractivity contribution in [3.05, 3.63) is 12.3 Å². The quantitative estimate of drug-likeness (QED) is 0.747. The Morgan fingerprint density at radius 1 is 1.32 bits per heavy atom. The number of aromatic nitrogens is 2. The van der Waals surface area contributed by atoms with E-state index in [-0.39, 0.29) is 5.03 Å². The van der Waals surface area contributed by atoms with Crippen molar-refractivity contribution in [2.24, 2.45) is 7.05 Å². The number of aryl methyl sites for hydroxylation is 1. The number of rotatable bonds is 3. The van der Waals surface area contributed by atoms with Crippen molar-refractivity contribution in [1.29, 1.82) is 0 Å². The van der Waals surface area contributed by atoms with E-state index in [0.29, 0.717) is 19.1 Å². The van der Waals surface area contributed by atoms with E-state index in [2.05, 4.69) is 15.3 Å². The zero-order valence-electron chi connectivity index (χ0n) is 11.0. The van der Waals surface area contributed by atoms with Crippen LogP contribution in [0.15, 0.2) is 17.3 Å². The molecule has 1 N–H and O–H groups in total. The van der Waals surface area contributed by atoms with E-state index >= 15 is 0 Å². The Kier molecular flexibility index (Phi) is 3.34. The minimum atomic E-state index is -3.37. The fourth-order valence-corrected chi connectivity index (χ4v) is 4.25. The van der Waals surface area contributed by atoms with Gasteiger partial charge in [-0.25, -0.2) is 8.42 Å². The average Bonchev–Trinajstić information content (AvgIpc) is 2.75. The Labute approximate surface area is 113 Å². The average molecular weight is 285 g/mol. The number of nitrogens with zero attached hydrogens (tertiary/aromatic N) is 4. The van der Waals surface area contributed by atoms with Gasteiger partial charge >= 0.3 is 0 Å². The van der Waals surface area contributed by atoms with Gasteiger partial charge in [0.05, 0.1) is 6.20 Å². The molecule has 0 radical (unpaired) electrons. The zero-order valence-corrected chi connectivity index (χ0v) is 11.8. The van der Waals surface area contributed by atoms with Crippen LogP contribution in [-0.4, -0.2) is 72.7 Å². The van der Waals surface area contributed by atoms with Crippen LogP contribution in [0.5, 0.6) is 0 Å². The lowest BCUT2D eigenvalue weighted by Crippen LogP contribution is -2.63. The maximum atomic E-state index is 12.4. The summed E-state index contributed by atoms with van der Waals surface area (Å²) in [6.45, 7) is 5.17. The third-order valence-electron chi connectivity index (χ3n) is 3.88. The fraction of sp³-hybridized carbons (Fsp3) is 0.727. The van der Waals surface area contributed by atoms with Gasteiger partial charge in [-0.1, -0.05) is 0 Å². The fourth-order valence-electron chi connectivity index (χ4n) is 2.64. The van der Waals surface area contributed by atoms with Gasteiger partial charge < -0.3 is 5.32 Å². The molecule has 3 heterocycles. The van der Waals surface area contributed by atoms with Crippen molar-refractivity contribution in [2.45, 2.75) is 11.1 Å². The summed E-state index contributed by atoms with van der Waals surface area (Å²) >= 11 is 0. The van der Waals surface area contributed by atoms with Crippen LogP contribution in [0.4, 0.5) is 0 Å². The van der Waals surface area contributed by atoms with Crippen LogP contribution in [-0.2, 0) is 17.1 Å². The van der Waals surface area contributed by atoms with E-state index in [1.165, 1.54) is 15.2 Å². The van der Waals surface area contributed by atoms with E-state index in [1.807, 2.05) is 0 Å². The molecule has 1 aromatic rings. The molecule has 1 aromatic heterocycles. The predicted molar refractivity (Wildman–Crippen MR) is 70.2 cm³/mol. The number of hydrogen-bond acceptors (Lipinski definition) is 5. The molecule has 2 aliphatic heterocycles. The minimum absolute atomic E-state index is 0.270. The molecule has 3 rings (SSSR count). The highest BCUT2D eigenvalue weighted by molar-refractivity contribution is 7.89. The molecule has 0 saturated carbocycles. The maximum Gasteiger partial charge on any atom is 0.260 e. The summed E-state index contributed by atoms with van der Waals surface area (Å²) in [5, 5.41) is 7.50. The highest BCUT2D eigenvalue weighted by Crippen LogP contribution is 2.23. The molecular formula is C11H19N5O2S. The van der Waals surface area contributed by atoms with Gasteiger partial charge in [0, 0.05) is 52.4 Å². The van der Waals surface area contributed by atoms with Crippen LogP contribution in [0.3, 0.4) is 0 Å². The minimum Gasteiger partial charge on any atom is -0.314 e. The van der Waals surface area contributed by atoms with Crippen LogP contribution >= 0.6 is 0 Å². The number of nitrogens with one attached hydrogen (secondary N) is 1. The SMILES string of the molecule is Cn1nccc1S(=O)(=O)N1CC(N2CCNCC2)C1. The first-order valence-electron chi connectivity index (χ1n) is 6.52. The Balaban J connectivity index is 1.65. The highest BCUT2D eigenvalue weighted by atomic mass is 32.2. The van der Waals surface area contributed by atoms with Crippen LogP contribution in [0, 0.1) is 0 Å². The van der Waals surface area contributed by atoms with Crippen LogP contribution in [0.2, 0.25) is 0 Å². The highest BCUT2D eigenvalue weighted by Gasteiger charge is 2.40. The molecule has 0 aliphatic carbocycles. The summed E-state index contributed by atoms with van der Waals surface area (Å²) in [6.07, 6.45) is 1.51. The van der Waals surface area contributed by atoms with Gasteiger partial charge in [-0.05, 0) is 6.07 Å². The van der Waals surface area contributed by atoms with E-state index in [0.717, 1.165) is 26.2 Å². The Morgan fingerprint density at radius 3 is 2.58 bits per heavy atom. The monoisotopic (exact) mass is 285 g/mol. The summed E-state index contributed by atoms with van der Waals surface area (Å²) < 4.78 is 27.7. The molecular weight excluding hydrogens is 266 g/mol. The van der Waals surface area contributed by atoms with Gasteiger partial charge in [-0.15, -0.1) is 0 Å². The Morgan fingerprint density at radius 2 is 2.00 bits per heavy atom. The third-order valence-corrected chi connectivity index (χ3v) is 5.78. The Hall–Kier alpha value is -0.960. The molecule has 0 aromatic carbocycles. The van der Waals surface area contributed by atoms with Gasteiger partial charge in [0.1, 0.15) is 0 Å². The van der Waals surface area contributed by atoms with Crippen molar-refractivity contribution in [1.82, 2.24) is 24.3 Å². The molecule has 0 bridgehead atoms. The van der Waals surface area contributed by atoms with Crippen LogP contribution in [0.1, 0.15) is 0 Å². The standard InChI is InChI=1S/C11H19N5O2S/c1-14-11(2-3-13-14)19(17,18)16-8-10(9-16)15-6-4-12-5-7-15/h2-3,10,12H,4-9H2,1H3. The van der Waals surface area contributed by atoms with Crippen LogP contribution in [0.25, 0.3) is 0 Å². The molecule has 2 fully saturated rings.